The van der Waals surface area contributed by atoms with E-state index in [4.69, 9.17) is 14.6 Å². The molecule has 0 unspecified atom stereocenters. The van der Waals surface area contributed by atoms with E-state index in [1.165, 1.54) is 0 Å². The molecule has 4 nitrogen and oxygen atoms in total. The number of fused-ring (bicyclic) bond motifs is 1. The van der Waals surface area contributed by atoms with Crippen LogP contribution in [-0.4, -0.2) is 24.8 Å². The van der Waals surface area contributed by atoms with Gasteiger partial charge in [0, 0.05) is 38.5 Å². The molecule has 0 amide bonds. The minimum Gasteiger partial charge on any atom is -0.539 e. The largest absolute Gasteiger partial charge is 0.539 e. The average Bonchev–Trinajstić information content (AvgIpc) is 2.78. The van der Waals surface area contributed by atoms with Crippen LogP contribution in [0.3, 0.4) is 0 Å². The second-order valence-electron chi connectivity index (χ2n) is 4.60. The van der Waals surface area contributed by atoms with Crippen LogP contribution in [0.2, 0.25) is 0 Å². The van der Waals surface area contributed by atoms with Gasteiger partial charge in [0.25, 0.3) is 0 Å². The Morgan fingerprint density at radius 3 is 2.85 bits per heavy atom. The van der Waals surface area contributed by atoms with Gasteiger partial charge in [0.2, 0.25) is 5.97 Å². The number of ether oxygens (including phenoxy) is 2. The second-order valence-corrected chi connectivity index (χ2v) is 4.60. The molecule has 5 heteroatoms. The Morgan fingerprint density at radius 1 is 1.55 bits per heavy atom. The first-order chi connectivity index (χ1) is 9.08. The molecular formula is C15H17O4Y-. The molecular weight excluding hydrogens is 333 g/mol. The van der Waals surface area contributed by atoms with Crippen molar-refractivity contribution in [2.75, 3.05) is 13.7 Å². The van der Waals surface area contributed by atoms with Crippen molar-refractivity contribution in [1.29, 1.82) is 0 Å². The van der Waals surface area contributed by atoms with E-state index < -0.39 is 0 Å². The van der Waals surface area contributed by atoms with Crippen molar-refractivity contribution in [3.8, 4) is 5.75 Å². The number of rotatable bonds is 4. The van der Waals surface area contributed by atoms with Gasteiger partial charge in [-0.3, -0.25) is 0 Å². The fourth-order valence-electron chi connectivity index (χ4n) is 2.16. The van der Waals surface area contributed by atoms with Gasteiger partial charge in [-0.25, -0.2) is 0 Å². The van der Waals surface area contributed by atoms with Crippen molar-refractivity contribution < 1.29 is 52.1 Å². The molecule has 0 fully saturated rings. The van der Waals surface area contributed by atoms with Crippen LogP contribution in [0.25, 0.3) is 0 Å². The van der Waals surface area contributed by atoms with Crippen LogP contribution in [0.5, 0.6) is 5.75 Å². The molecule has 0 saturated carbocycles. The van der Waals surface area contributed by atoms with E-state index in [0.717, 1.165) is 28.0 Å². The van der Waals surface area contributed by atoms with Crippen LogP contribution < -0.4 is 4.74 Å². The van der Waals surface area contributed by atoms with E-state index in [9.17, 15) is 4.79 Å². The first-order valence-corrected chi connectivity index (χ1v) is 6.13. The number of aliphatic hydroxyl groups excluding tert-OH is 1. The van der Waals surface area contributed by atoms with E-state index >= 15 is 0 Å². The number of cyclic esters (lactones) is 1. The molecule has 1 aliphatic rings. The molecule has 0 aromatic heterocycles. The van der Waals surface area contributed by atoms with Crippen LogP contribution in [-0.2, 0) is 50.5 Å². The number of aliphatic hydroxyl groups is 1. The van der Waals surface area contributed by atoms with Gasteiger partial charge >= 0.3 is 0 Å². The number of allylic oxidation sites excluding steroid dienone is 1. The number of benzene rings is 1. The van der Waals surface area contributed by atoms with Crippen molar-refractivity contribution in [3.05, 3.63) is 40.0 Å². The Bertz CT molecular complexity index is 549. The van der Waals surface area contributed by atoms with E-state index in [1.807, 2.05) is 19.9 Å². The van der Waals surface area contributed by atoms with E-state index in [0.29, 0.717) is 18.6 Å². The van der Waals surface area contributed by atoms with Crippen LogP contribution in [0.4, 0.5) is 0 Å². The Kier molecular flexibility index (Phi) is 6.37. The van der Waals surface area contributed by atoms with Crippen LogP contribution in [0, 0.1) is 13.0 Å². The van der Waals surface area contributed by atoms with Crippen molar-refractivity contribution in [2.24, 2.45) is 0 Å². The molecule has 1 aromatic rings. The molecule has 0 aliphatic carbocycles. The predicted molar refractivity (Wildman–Crippen MR) is 70.2 cm³/mol. The van der Waals surface area contributed by atoms with Crippen molar-refractivity contribution in [3.63, 3.8) is 0 Å². The zero-order valence-corrected chi connectivity index (χ0v) is 14.8. The fraction of sp³-hybridized carbons (Fsp3) is 0.400. The monoisotopic (exact) mass is 350 g/mol. The van der Waals surface area contributed by atoms with Crippen molar-refractivity contribution in [2.45, 2.75) is 26.9 Å². The summed E-state index contributed by atoms with van der Waals surface area (Å²) in [6, 6.07) is 3.09. The fourth-order valence-corrected chi connectivity index (χ4v) is 2.16. The van der Waals surface area contributed by atoms with Gasteiger partial charge in [-0.15, -0.1) is 6.07 Å². The molecule has 1 aliphatic heterocycles. The summed E-state index contributed by atoms with van der Waals surface area (Å²) >= 11 is 0. The maximum atomic E-state index is 11.6. The first-order valence-electron chi connectivity index (χ1n) is 6.13. The van der Waals surface area contributed by atoms with Gasteiger partial charge in [-0.1, -0.05) is 40.8 Å². The quantitative estimate of drug-likeness (QED) is 0.512. The van der Waals surface area contributed by atoms with E-state index in [1.54, 1.807) is 7.11 Å². The van der Waals surface area contributed by atoms with Gasteiger partial charge in [-0.05, 0) is 13.3 Å². The van der Waals surface area contributed by atoms with E-state index in [2.05, 4.69) is 6.07 Å². The molecule has 0 atom stereocenters. The Labute approximate surface area is 144 Å². The zero-order valence-electron chi connectivity index (χ0n) is 11.9. The summed E-state index contributed by atoms with van der Waals surface area (Å²) in [5.41, 5.74) is 3.96. The number of hydrogen-bond acceptors (Lipinski definition) is 4. The third kappa shape index (κ3) is 3.30. The van der Waals surface area contributed by atoms with Gasteiger partial charge in [-0.2, -0.15) is 0 Å². The summed E-state index contributed by atoms with van der Waals surface area (Å²) in [5, 5.41) is 9.01. The van der Waals surface area contributed by atoms with Gasteiger partial charge < -0.3 is 19.4 Å². The second kappa shape index (κ2) is 7.34. The molecule has 20 heavy (non-hydrogen) atoms. The minimum atomic E-state index is -0.329. The number of carbonyl (C=O) groups excluding carboxylic acids is 1. The van der Waals surface area contributed by atoms with Gasteiger partial charge in [0.05, 0.1) is 20.3 Å². The molecule has 0 saturated heterocycles. The maximum absolute atomic E-state index is 11.6. The third-order valence-electron chi connectivity index (χ3n) is 3.30. The van der Waals surface area contributed by atoms with Crippen molar-refractivity contribution in [1.82, 2.24) is 0 Å². The topological polar surface area (TPSA) is 55.8 Å². The number of carbonyl (C=O) groups is 1. The summed E-state index contributed by atoms with van der Waals surface area (Å²) in [4.78, 5) is 11.6. The Hall–Kier alpha value is -0.706. The molecule has 1 N–H and O–H groups in total. The summed E-state index contributed by atoms with van der Waals surface area (Å²) in [5.74, 6) is 0.406. The first kappa shape index (κ1) is 17.3. The predicted octanol–water partition coefficient (Wildman–Crippen LogP) is 1.95. The smallest absolute Gasteiger partial charge is 0.250 e. The standard InChI is InChI=1S/C15H17O4.Y/c1-9(7-16)4-5-11-6-12-13(8-19-15(12)17)10(2)14(11)18-3;/h4,16H,5,7-8H2,1-3H3;/q-1;/b9-4+;. The molecule has 105 valence electrons. The molecule has 2 rings (SSSR count). The molecule has 1 radical (unpaired) electrons. The summed E-state index contributed by atoms with van der Waals surface area (Å²) in [7, 11) is 1.60. The molecule has 0 spiro atoms. The van der Waals surface area contributed by atoms with E-state index in [-0.39, 0.29) is 45.3 Å². The molecule has 1 heterocycles. The number of hydrogen-bond donors (Lipinski definition) is 1. The van der Waals surface area contributed by atoms with Gasteiger partial charge in [0.15, 0.2) is 0 Å². The zero-order chi connectivity index (χ0) is 14.0. The Balaban J connectivity index is 0.00000200. The number of esters is 1. The van der Waals surface area contributed by atoms with Crippen LogP contribution in [0.15, 0.2) is 11.6 Å². The minimum absolute atomic E-state index is 0. The number of methoxy groups -OCH3 is 1. The normalized spacial score (nSPS) is 13.6. The average molecular weight is 350 g/mol. The van der Waals surface area contributed by atoms with Gasteiger partial charge in [0.1, 0.15) is 0 Å². The van der Waals surface area contributed by atoms with Crippen molar-refractivity contribution >= 4 is 5.97 Å². The van der Waals surface area contributed by atoms with Crippen LogP contribution in [0.1, 0.15) is 34.0 Å². The SMILES string of the molecule is COc1c(C/C=C(\C)CO)[c-]c2c(c1C)COC2=O.[Y]. The van der Waals surface area contributed by atoms with Crippen LogP contribution >= 0.6 is 0 Å². The summed E-state index contributed by atoms with van der Waals surface area (Å²) in [6.07, 6.45) is 2.47. The third-order valence-corrected chi connectivity index (χ3v) is 3.30. The molecule has 1 aromatic carbocycles. The molecule has 0 bridgehead atoms. The maximum Gasteiger partial charge on any atom is 0.250 e. The summed E-state index contributed by atoms with van der Waals surface area (Å²) < 4.78 is 10.4. The Morgan fingerprint density at radius 2 is 2.25 bits per heavy atom. The summed E-state index contributed by atoms with van der Waals surface area (Å²) in [6.45, 7) is 4.08.